The summed E-state index contributed by atoms with van der Waals surface area (Å²) in [5.41, 5.74) is 14.2. The molecule has 4 N–H and O–H groups in total. The predicted molar refractivity (Wildman–Crippen MR) is 132 cm³/mol. The highest BCUT2D eigenvalue weighted by molar-refractivity contribution is 6.33. The topological polar surface area (TPSA) is 181 Å². The SMILES string of the molecule is Cc1cc(Cl)cc([N+](=O)[O-])c1.Cc1cc([N+](=O)[O-])cc(Cl)c1N.Cc1cc([N+](=O)[O-])ccc1N. The molecule has 0 bridgehead atoms. The number of nitro benzene ring substituents is 3. The Morgan fingerprint density at radius 3 is 1.62 bits per heavy atom. The van der Waals surface area contributed by atoms with Crippen LogP contribution in [-0.2, 0) is 0 Å². The lowest BCUT2D eigenvalue weighted by Crippen LogP contribution is -1.94. The number of aryl methyl sites for hydroxylation is 3. The smallest absolute Gasteiger partial charge is 0.271 e. The van der Waals surface area contributed by atoms with Gasteiger partial charge in [-0.15, -0.1) is 0 Å². The highest BCUT2D eigenvalue weighted by Gasteiger charge is 2.10. The Hall–Kier alpha value is -3.96. The number of anilines is 2. The summed E-state index contributed by atoms with van der Waals surface area (Å²) in [5.74, 6) is 0. The first-order valence-corrected chi connectivity index (χ1v) is 10.1. The second-order valence-electron chi connectivity index (χ2n) is 6.96. The van der Waals surface area contributed by atoms with Gasteiger partial charge in [-0.25, -0.2) is 0 Å². The number of rotatable bonds is 3. The van der Waals surface area contributed by atoms with Crippen LogP contribution in [0.2, 0.25) is 10.0 Å². The van der Waals surface area contributed by atoms with Crippen molar-refractivity contribution in [3.8, 4) is 0 Å². The van der Waals surface area contributed by atoms with E-state index in [1.807, 2.05) is 0 Å². The summed E-state index contributed by atoms with van der Waals surface area (Å²) >= 11 is 11.2. The summed E-state index contributed by atoms with van der Waals surface area (Å²) in [7, 11) is 0. The molecule has 180 valence electrons. The van der Waals surface area contributed by atoms with E-state index in [0.717, 1.165) is 11.1 Å². The van der Waals surface area contributed by atoms with E-state index < -0.39 is 14.8 Å². The minimum Gasteiger partial charge on any atom is -0.399 e. The van der Waals surface area contributed by atoms with Crippen LogP contribution in [0.3, 0.4) is 0 Å². The van der Waals surface area contributed by atoms with Gasteiger partial charge in [-0.2, -0.15) is 0 Å². The average molecular weight is 510 g/mol. The third-order valence-electron chi connectivity index (χ3n) is 4.23. The van der Waals surface area contributed by atoms with Gasteiger partial charge in [0.05, 0.1) is 25.5 Å². The Balaban J connectivity index is 0.000000255. The first kappa shape index (κ1) is 28.1. The van der Waals surface area contributed by atoms with E-state index in [-0.39, 0.29) is 22.1 Å². The van der Waals surface area contributed by atoms with Gasteiger partial charge in [0.25, 0.3) is 17.1 Å². The molecule has 0 aliphatic rings. The van der Waals surface area contributed by atoms with E-state index in [0.29, 0.717) is 22.0 Å². The number of benzene rings is 3. The molecule has 0 fully saturated rings. The lowest BCUT2D eigenvalue weighted by Gasteiger charge is -2.01. The first-order valence-electron chi connectivity index (χ1n) is 9.35. The van der Waals surface area contributed by atoms with Crippen LogP contribution in [0, 0.1) is 51.1 Å². The van der Waals surface area contributed by atoms with Crippen LogP contribution in [0.4, 0.5) is 28.4 Å². The molecule has 0 spiro atoms. The maximum atomic E-state index is 10.3. The molecule has 11 nitrogen and oxygen atoms in total. The zero-order chi connectivity index (χ0) is 26.2. The summed E-state index contributed by atoms with van der Waals surface area (Å²) in [5, 5.41) is 31.4. The number of nitro groups is 3. The second kappa shape index (κ2) is 12.3. The van der Waals surface area contributed by atoms with E-state index in [9.17, 15) is 30.3 Å². The lowest BCUT2D eigenvalue weighted by molar-refractivity contribution is -0.385. The zero-order valence-electron chi connectivity index (χ0n) is 18.3. The number of nitrogens with zero attached hydrogens (tertiary/aromatic N) is 3. The molecule has 0 radical (unpaired) electrons. The number of hydrogen-bond donors (Lipinski definition) is 2. The highest BCUT2D eigenvalue weighted by atomic mass is 35.5. The predicted octanol–water partition coefficient (Wildman–Crippen LogP) is 6.18. The van der Waals surface area contributed by atoms with E-state index in [2.05, 4.69) is 0 Å². The van der Waals surface area contributed by atoms with Crippen molar-refractivity contribution in [1.82, 2.24) is 0 Å². The Kier molecular flexibility index (Phi) is 10.2. The van der Waals surface area contributed by atoms with Crippen LogP contribution in [0.15, 0.2) is 48.5 Å². The van der Waals surface area contributed by atoms with E-state index in [1.54, 1.807) is 26.8 Å². The fourth-order valence-electron chi connectivity index (χ4n) is 2.44. The number of hydrogen-bond acceptors (Lipinski definition) is 8. The summed E-state index contributed by atoms with van der Waals surface area (Å²) in [4.78, 5) is 29.4. The molecule has 0 aliphatic heterocycles. The van der Waals surface area contributed by atoms with Crippen molar-refractivity contribution < 1.29 is 14.8 Å². The van der Waals surface area contributed by atoms with Crippen molar-refractivity contribution in [3.63, 3.8) is 0 Å². The molecular formula is C21H21Cl2N5O6. The van der Waals surface area contributed by atoms with E-state index >= 15 is 0 Å². The van der Waals surface area contributed by atoms with Crippen molar-refractivity contribution in [2.75, 3.05) is 11.5 Å². The molecule has 0 unspecified atom stereocenters. The summed E-state index contributed by atoms with van der Waals surface area (Å²) in [6.45, 7) is 5.18. The number of nitrogen functional groups attached to an aromatic ring is 2. The Morgan fingerprint density at radius 1 is 0.676 bits per heavy atom. The van der Waals surface area contributed by atoms with Gasteiger partial charge in [0.15, 0.2) is 0 Å². The summed E-state index contributed by atoms with van der Waals surface area (Å²) < 4.78 is 0. The molecule has 3 aromatic rings. The zero-order valence-corrected chi connectivity index (χ0v) is 19.8. The summed E-state index contributed by atoms with van der Waals surface area (Å²) in [6, 6.07) is 11.5. The fraction of sp³-hybridized carbons (Fsp3) is 0.143. The second-order valence-corrected chi connectivity index (χ2v) is 7.80. The van der Waals surface area contributed by atoms with Crippen molar-refractivity contribution in [1.29, 1.82) is 0 Å². The van der Waals surface area contributed by atoms with Crippen LogP contribution in [0.1, 0.15) is 16.7 Å². The number of nitrogens with two attached hydrogens (primary N) is 2. The van der Waals surface area contributed by atoms with Gasteiger partial charge < -0.3 is 11.5 Å². The van der Waals surface area contributed by atoms with E-state index in [1.165, 1.54) is 42.5 Å². The monoisotopic (exact) mass is 509 g/mol. The minimum absolute atomic E-state index is 0.0355. The maximum absolute atomic E-state index is 10.3. The molecule has 0 atom stereocenters. The van der Waals surface area contributed by atoms with Crippen LogP contribution in [0.25, 0.3) is 0 Å². The van der Waals surface area contributed by atoms with Gasteiger partial charge in [0, 0.05) is 47.1 Å². The van der Waals surface area contributed by atoms with E-state index in [4.69, 9.17) is 34.7 Å². The maximum Gasteiger partial charge on any atom is 0.271 e. The van der Waals surface area contributed by atoms with Gasteiger partial charge >= 0.3 is 0 Å². The van der Waals surface area contributed by atoms with Gasteiger partial charge in [-0.1, -0.05) is 23.2 Å². The standard InChI is InChI=1S/C7H7ClN2O2.C7H6ClNO2.C7H8N2O2/c1-4-2-5(10(11)12)3-6(8)7(4)9;1-5-2-6(8)4-7(3-5)9(10)11;1-5-4-6(9(10)11)2-3-7(5)8/h2-3H,9H2,1H3;2-4H,1H3;2-4H,8H2,1H3. The van der Waals surface area contributed by atoms with Crippen LogP contribution >= 0.6 is 23.2 Å². The first-order chi connectivity index (χ1) is 15.7. The van der Waals surface area contributed by atoms with Gasteiger partial charge in [0.2, 0.25) is 0 Å². The Bertz CT molecular complexity index is 1190. The normalized spacial score (nSPS) is 9.68. The lowest BCUT2D eigenvalue weighted by atomic mass is 10.2. The molecule has 0 saturated carbocycles. The fourth-order valence-corrected chi connectivity index (χ4v) is 2.98. The largest absolute Gasteiger partial charge is 0.399 e. The van der Waals surface area contributed by atoms with Crippen LogP contribution < -0.4 is 11.5 Å². The average Bonchev–Trinajstić information content (AvgIpc) is 2.73. The molecule has 13 heteroatoms. The molecule has 0 heterocycles. The molecule has 34 heavy (non-hydrogen) atoms. The molecule has 0 saturated heterocycles. The van der Waals surface area contributed by atoms with Gasteiger partial charge in [0.1, 0.15) is 0 Å². The highest BCUT2D eigenvalue weighted by Crippen LogP contribution is 2.27. The van der Waals surface area contributed by atoms with Crippen molar-refractivity contribution in [2.45, 2.75) is 20.8 Å². The Labute approximate surface area is 204 Å². The van der Waals surface area contributed by atoms with Gasteiger partial charge in [-0.05, 0) is 49.6 Å². The van der Waals surface area contributed by atoms with Crippen molar-refractivity contribution in [3.05, 3.63) is 106 Å². The van der Waals surface area contributed by atoms with Crippen molar-refractivity contribution in [2.24, 2.45) is 0 Å². The van der Waals surface area contributed by atoms with Gasteiger partial charge in [-0.3, -0.25) is 30.3 Å². The number of non-ortho nitro benzene ring substituents is 3. The van der Waals surface area contributed by atoms with Crippen LogP contribution in [0.5, 0.6) is 0 Å². The molecule has 0 amide bonds. The third-order valence-corrected chi connectivity index (χ3v) is 4.76. The molecule has 3 rings (SSSR count). The molecular weight excluding hydrogens is 489 g/mol. The van der Waals surface area contributed by atoms with Crippen LogP contribution in [-0.4, -0.2) is 14.8 Å². The van der Waals surface area contributed by atoms with Crippen molar-refractivity contribution >= 4 is 51.6 Å². The quantitative estimate of drug-likeness (QED) is 0.238. The molecule has 0 aromatic heterocycles. The molecule has 3 aromatic carbocycles. The minimum atomic E-state index is -0.502. The number of halogens is 2. The summed E-state index contributed by atoms with van der Waals surface area (Å²) in [6.07, 6.45) is 0. The third kappa shape index (κ3) is 8.52. The Morgan fingerprint density at radius 2 is 1.18 bits per heavy atom. The molecule has 0 aliphatic carbocycles.